The second kappa shape index (κ2) is 10.1. The fraction of sp³-hybridized carbons (Fsp3) is 0.345. The van der Waals surface area contributed by atoms with Gasteiger partial charge in [0.15, 0.2) is 0 Å². The first-order valence-electron chi connectivity index (χ1n) is 12.8. The van der Waals surface area contributed by atoms with Gasteiger partial charge in [-0.05, 0) is 89.7 Å². The van der Waals surface area contributed by atoms with Crippen LogP contribution in [0.25, 0.3) is 11.0 Å². The van der Waals surface area contributed by atoms with Crippen LogP contribution in [-0.4, -0.2) is 36.9 Å². The first-order chi connectivity index (χ1) is 17.6. The van der Waals surface area contributed by atoms with E-state index < -0.39 is 5.97 Å². The summed E-state index contributed by atoms with van der Waals surface area (Å²) in [5.74, 6) is -1.05. The van der Waals surface area contributed by atoms with Gasteiger partial charge in [0, 0.05) is 30.4 Å². The molecule has 2 unspecified atom stereocenters. The minimum atomic E-state index is -0.806. The number of hydrogen-bond acceptors (Lipinski definition) is 5. The standard InChI is InChI=1S/C29H30N4O2S/c34-29(35)18-26-22-6-4-7-25(16-22)36-32-14-12-21-9-8-20(15-24(21)19-32)5-2-1-3-13-33-28-11-10-23(26)17-27(28)30-31-33/h4,6-11,15-17,26H,1-3,5,12-14,18-19H2,(H,34,35). The van der Waals surface area contributed by atoms with E-state index in [1.54, 1.807) is 11.9 Å². The van der Waals surface area contributed by atoms with E-state index in [0.29, 0.717) is 0 Å². The maximum absolute atomic E-state index is 11.8. The summed E-state index contributed by atoms with van der Waals surface area (Å²) in [6.45, 7) is 2.78. The molecular formula is C29H30N4O2S. The van der Waals surface area contributed by atoms with E-state index >= 15 is 0 Å². The normalized spacial score (nSPS) is 20.1. The molecule has 0 saturated carbocycles. The number of carboxylic acid groups (broad SMARTS) is 1. The van der Waals surface area contributed by atoms with E-state index in [1.165, 1.54) is 16.7 Å². The molecule has 3 aliphatic heterocycles. The molecule has 0 amide bonds. The second-order valence-corrected chi connectivity index (χ2v) is 11.1. The van der Waals surface area contributed by atoms with Crippen LogP contribution in [0.4, 0.5) is 0 Å². The number of benzene rings is 3. The smallest absolute Gasteiger partial charge is 0.304 e. The molecule has 0 aliphatic carbocycles. The molecule has 6 nitrogen and oxygen atoms in total. The van der Waals surface area contributed by atoms with Crippen molar-refractivity contribution in [1.29, 1.82) is 0 Å². The van der Waals surface area contributed by atoms with E-state index in [2.05, 4.69) is 44.9 Å². The first kappa shape index (κ1) is 23.3. The lowest BCUT2D eigenvalue weighted by Crippen LogP contribution is -2.24. The van der Waals surface area contributed by atoms with Gasteiger partial charge in [0.1, 0.15) is 5.52 Å². The highest BCUT2D eigenvalue weighted by molar-refractivity contribution is 7.97. The summed E-state index contributed by atoms with van der Waals surface area (Å²) in [6.07, 6.45) is 5.57. The van der Waals surface area contributed by atoms with Gasteiger partial charge in [-0.15, -0.1) is 5.10 Å². The van der Waals surface area contributed by atoms with E-state index in [4.69, 9.17) is 0 Å². The highest BCUT2D eigenvalue weighted by Crippen LogP contribution is 2.35. The van der Waals surface area contributed by atoms with Crippen molar-refractivity contribution in [1.82, 2.24) is 19.3 Å². The van der Waals surface area contributed by atoms with Gasteiger partial charge in [0.05, 0.1) is 11.9 Å². The molecule has 0 saturated heterocycles. The lowest BCUT2D eigenvalue weighted by Gasteiger charge is -2.28. The molecule has 3 aromatic carbocycles. The first-order valence-corrected chi connectivity index (χ1v) is 13.6. The number of nitrogens with zero attached hydrogens (tertiary/aromatic N) is 4. The Morgan fingerprint density at radius 2 is 1.86 bits per heavy atom. The molecule has 7 heteroatoms. The number of aliphatic carboxylic acids is 1. The SMILES string of the molecule is O=C(O)CC1c2cccc(c2)SN2CCc3ccc(cc3C2)CCCCCn2nnc3cc1ccc32. The molecule has 4 aromatic rings. The topological polar surface area (TPSA) is 71.2 Å². The summed E-state index contributed by atoms with van der Waals surface area (Å²) in [5, 5.41) is 18.5. The fourth-order valence-corrected chi connectivity index (χ4v) is 6.51. The third-order valence-electron chi connectivity index (χ3n) is 7.40. The molecule has 7 rings (SSSR count). The van der Waals surface area contributed by atoms with Crippen molar-refractivity contribution in [2.24, 2.45) is 0 Å². The van der Waals surface area contributed by atoms with Crippen LogP contribution in [0.15, 0.2) is 65.6 Å². The average molecular weight is 499 g/mol. The summed E-state index contributed by atoms with van der Waals surface area (Å²) >= 11 is 1.77. The molecule has 0 fully saturated rings. The molecule has 2 atom stereocenters. The Labute approximate surface area is 215 Å². The minimum absolute atomic E-state index is 0.0353. The van der Waals surface area contributed by atoms with E-state index in [-0.39, 0.29) is 12.3 Å². The number of rotatable bonds is 2. The quantitative estimate of drug-likeness (QED) is 0.351. The zero-order chi connectivity index (χ0) is 24.5. The van der Waals surface area contributed by atoms with Crippen molar-refractivity contribution < 1.29 is 9.90 Å². The van der Waals surface area contributed by atoms with Gasteiger partial charge >= 0.3 is 5.97 Å². The van der Waals surface area contributed by atoms with Crippen molar-refractivity contribution in [2.45, 2.75) is 62.4 Å². The van der Waals surface area contributed by atoms with Crippen LogP contribution in [0.1, 0.15) is 59.4 Å². The van der Waals surface area contributed by atoms with Gasteiger partial charge in [-0.1, -0.05) is 48.0 Å². The van der Waals surface area contributed by atoms with E-state index in [0.717, 1.165) is 78.8 Å². The molecule has 3 aliphatic rings. The Kier molecular flexibility index (Phi) is 6.50. The summed E-state index contributed by atoms with van der Waals surface area (Å²) in [5.41, 5.74) is 8.13. The van der Waals surface area contributed by atoms with Gasteiger partial charge in [-0.25, -0.2) is 8.99 Å². The molecule has 4 heterocycles. The summed E-state index contributed by atoms with van der Waals surface area (Å²) < 4.78 is 4.41. The van der Waals surface area contributed by atoms with Gasteiger partial charge < -0.3 is 5.11 Å². The largest absolute Gasteiger partial charge is 0.481 e. The highest BCUT2D eigenvalue weighted by Gasteiger charge is 2.22. The van der Waals surface area contributed by atoms with Crippen molar-refractivity contribution in [3.8, 4) is 0 Å². The number of fused-ring (bicyclic) bond motifs is 5. The Balaban J connectivity index is 1.38. The molecule has 1 N–H and O–H groups in total. The third kappa shape index (κ3) is 4.90. The van der Waals surface area contributed by atoms with E-state index in [9.17, 15) is 9.90 Å². The second-order valence-electron chi connectivity index (χ2n) is 9.90. The predicted octanol–water partition coefficient (Wildman–Crippen LogP) is 5.83. The molecule has 9 bridgehead atoms. The lowest BCUT2D eigenvalue weighted by molar-refractivity contribution is -0.137. The lowest BCUT2D eigenvalue weighted by atomic mass is 9.88. The monoisotopic (exact) mass is 498 g/mol. The van der Waals surface area contributed by atoms with Crippen molar-refractivity contribution in [3.05, 3.63) is 88.5 Å². The van der Waals surface area contributed by atoms with Crippen molar-refractivity contribution >= 4 is 29.0 Å². The Bertz CT molecular complexity index is 1420. The van der Waals surface area contributed by atoms with Crippen LogP contribution in [0, 0.1) is 0 Å². The van der Waals surface area contributed by atoms with Crippen LogP contribution in [0.3, 0.4) is 0 Å². The highest BCUT2D eigenvalue weighted by atomic mass is 32.2. The number of hydrogen-bond donors (Lipinski definition) is 1. The Hall–Kier alpha value is -3.16. The molecule has 0 radical (unpaired) electrons. The van der Waals surface area contributed by atoms with Gasteiger partial charge in [-0.2, -0.15) is 0 Å². The van der Waals surface area contributed by atoms with Crippen LogP contribution in [-0.2, 0) is 30.7 Å². The zero-order valence-corrected chi connectivity index (χ0v) is 21.1. The van der Waals surface area contributed by atoms with Crippen molar-refractivity contribution in [3.63, 3.8) is 0 Å². The number of carboxylic acids is 1. The number of aryl methyl sites for hydroxylation is 2. The molecular weight excluding hydrogens is 468 g/mol. The Morgan fingerprint density at radius 1 is 0.944 bits per heavy atom. The van der Waals surface area contributed by atoms with Crippen LogP contribution in [0.2, 0.25) is 0 Å². The average Bonchev–Trinajstić information content (AvgIpc) is 3.28. The fourth-order valence-electron chi connectivity index (χ4n) is 5.50. The maximum Gasteiger partial charge on any atom is 0.304 e. The van der Waals surface area contributed by atoms with Gasteiger partial charge in [-0.3, -0.25) is 4.79 Å². The summed E-state index contributed by atoms with van der Waals surface area (Å²) in [4.78, 5) is 13.0. The van der Waals surface area contributed by atoms with Crippen LogP contribution >= 0.6 is 11.9 Å². The van der Waals surface area contributed by atoms with Gasteiger partial charge in [0.25, 0.3) is 0 Å². The van der Waals surface area contributed by atoms with Crippen molar-refractivity contribution in [2.75, 3.05) is 6.54 Å². The number of carbonyl (C=O) groups is 1. The number of aromatic nitrogens is 3. The summed E-state index contributed by atoms with van der Waals surface area (Å²) in [6, 6.07) is 21.5. The molecule has 1 aromatic heterocycles. The maximum atomic E-state index is 11.8. The Morgan fingerprint density at radius 3 is 2.78 bits per heavy atom. The molecule has 0 spiro atoms. The van der Waals surface area contributed by atoms with Gasteiger partial charge in [0.2, 0.25) is 0 Å². The predicted molar refractivity (Wildman–Crippen MR) is 142 cm³/mol. The minimum Gasteiger partial charge on any atom is -0.481 e. The summed E-state index contributed by atoms with van der Waals surface area (Å²) in [7, 11) is 0. The van der Waals surface area contributed by atoms with Crippen LogP contribution < -0.4 is 0 Å². The third-order valence-corrected chi connectivity index (χ3v) is 8.43. The molecule has 184 valence electrons. The zero-order valence-electron chi connectivity index (χ0n) is 20.3. The molecule has 36 heavy (non-hydrogen) atoms. The van der Waals surface area contributed by atoms with Crippen LogP contribution in [0.5, 0.6) is 0 Å². The van der Waals surface area contributed by atoms with E-state index in [1.807, 2.05) is 35.0 Å².